The van der Waals surface area contributed by atoms with E-state index in [1.807, 2.05) is 6.92 Å². The minimum Gasteiger partial charge on any atom is -0.384 e. The fourth-order valence-corrected chi connectivity index (χ4v) is 0.365. The molecule has 0 spiro atoms. The van der Waals surface area contributed by atoms with Gasteiger partial charge >= 0.3 is 0 Å². The molecule has 0 saturated carbocycles. The first-order valence-corrected chi connectivity index (χ1v) is 3.60. The fourth-order valence-electron chi connectivity index (χ4n) is 0.365. The van der Waals surface area contributed by atoms with Crippen LogP contribution in [-0.4, -0.2) is 5.71 Å². The van der Waals surface area contributed by atoms with Gasteiger partial charge in [0.05, 0.1) is 6.20 Å². The highest BCUT2D eigenvalue weighted by atomic mass is 14.9. The molecule has 11 heavy (non-hydrogen) atoms. The maximum Gasteiger partial charge on any atom is 0.112 e. The molecule has 0 atom stereocenters. The van der Waals surface area contributed by atoms with E-state index in [0.717, 1.165) is 5.71 Å². The summed E-state index contributed by atoms with van der Waals surface area (Å²) in [5.41, 5.74) is 11.5. The van der Waals surface area contributed by atoms with E-state index >= 15 is 0 Å². The molecule has 0 aliphatic carbocycles. The number of hydrogen-bond donors (Lipinski definition) is 2. The maximum atomic E-state index is 5.22. The summed E-state index contributed by atoms with van der Waals surface area (Å²) in [6.07, 6.45) is 1.47. The molecule has 0 aliphatic heterocycles. The van der Waals surface area contributed by atoms with Crippen molar-refractivity contribution in [1.82, 2.24) is 0 Å². The molecule has 0 aromatic heterocycles. The quantitative estimate of drug-likeness (QED) is 0.559. The van der Waals surface area contributed by atoms with Crippen LogP contribution in [0.5, 0.6) is 0 Å². The molecule has 64 valence electrons. The zero-order valence-electron chi connectivity index (χ0n) is 7.68. The molecule has 0 radical (unpaired) electrons. The molecule has 0 saturated heterocycles. The average Bonchev–Trinajstić information content (AvgIpc) is 1.80. The molecule has 0 amide bonds. The number of nitrogens with zero attached hydrogens (tertiary/aromatic N) is 1. The third-order valence-electron chi connectivity index (χ3n) is 1.49. The Balaban J connectivity index is 4.36. The van der Waals surface area contributed by atoms with Crippen LogP contribution in [0.15, 0.2) is 17.0 Å². The van der Waals surface area contributed by atoms with Crippen LogP contribution < -0.4 is 11.5 Å². The third kappa shape index (κ3) is 4.42. The van der Waals surface area contributed by atoms with Crippen molar-refractivity contribution in [1.29, 1.82) is 0 Å². The summed E-state index contributed by atoms with van der Waals surface area (Å²) in [5, 5.41) is 0. The Morgan fingerprint density at radius 3 is 2.00 bits per heavy atom. The van der Waals surface area contributed by atoms with E-state index in [-0.39, 0.29) is 11.2 Å². The van der Waals surface area contributed by atoms with Crippen molar-refractivity contribution in [2.45, 2.75) is 27.7 Å². The van der Waals surface area contributed by atoms with E-state index < -0.39 is 0 Å². The zero-order chi connectivity index (χ0) is 9.07. The normalized spacial score (nSPS) is 12.9. The van der Waals surface area contributed by atoms with Crippen molar-refractivity contribution in [3.63, 3.8) is 0 Å². The van der Waals surface area contributed by atoms with Gasteiger partial charge < -0.3 is 11.5 Å². The summed E-state index contributed by atoms with van der Waals surface area (Å²) in [6, 6.07) is 0. The Morgan fingerprint density at radius 1 is 1.27 bits per heavy atom. The van der Waals surface area contributed by atoms with Gasteiger partial charge in [0.2, 0.25) is 0 Å². The molecule has 0 aromatic carbocycles. The highest BCUT2D eigenvalue weighted by molar-refractivity contribution is 5.87. The van der Waals surface area contributed by atoms with Crippen LogP contribution in [-0.2, 0) is 0 Å². The van der Waals surface area contributed by atoms with Crippen LogP contribution in [0.1, 0.15) is 27.7 Å². The molecular weight excluding hydrogens is 138 g/mol. The van der Waals surface area contributed by atoms with Crippen LogP contribution in [0.25, 0.3) is 0 Å². The second kappa shape index (κ2) is 3.42. The second-order valence-electron chi connectivity index (χ2n) is 3.59. The van der Waals surface area contributed by atoms with Gasteiger partial charge in [0.1, 0.15) is 5.82 Å². The predicted octanol–water partition coefficient (Wildman–Crippen LogP) is 1.21. The first-order chi connectivity index (χ1) is 4.84. The van der Waals surface area contributed by atoms with E-state index in [9.17, 15) is 0 Å². The van der Waals surface area contributed by atoms with E-state index in [1.54, 1.807) is 0 Å². The van der Waals surface area contributed by atoms with Crippen LogP contribution >= 0.6 is 0 Å². The number of hydrogen-bond acceptors (Lipinski definition) is 3. The van der Waals surface area contributed by atoms with Gasteiger partial charge in [-0.15, -0.1) is 0 Å². The van der Waals surface area contributed by atoms with Crippen molar-refractivity contribution in [2.75, 3.05) is 0 Å². The van der Waals surface area contributed by atoms with Crippen molar-refractivity contribution in [3.8, 4) is 0 Å². The Hall–Kier alpha value is -0.990. The van der Waals surface area contributed by atoms with Crippen LogP contribution in [0.2, 0.25) is 0 Å². The highest BCUT2D eigenvalue weighted by Crippen LogP contribution is 2.15. The Morgan fingerprint density at radius 2 is 1.73 bits per heavy atom. The molecule has 0 aromatic rings. The van der Waals surface area contributed by atoms with E-state index in [1.165, 1.54) is 6.20 Å². The first-order valence-electron chi connectivity index (χ1n) is 3.60. The van der Waals surface area contributed by atoms with Gasteiger partial charge in [-0.25, -0.2) is 0 Å². The topological polar surface area (TPSA) is 64.4 Å². The smallest absolute Gasteiger partial charge is 0.112 e. The number of rotatable bonds is 1. The summed E-state index contributed by atoms with van der Waals surface area (Å²) in [5.74, 6) is 0.244. The second-order valence-corrected chi connectivity index (χ2v) is 3.59. The minimum atomic E-state index is 0.0892. The van der Waals surface area contributed by atoms with Gasteiger partial charge in [-0.05, 0) is 12.3 Å². The van der Waals surface area contributed by atoms with E-state index in [4.69, 9.17) is 11.5 Å². The molecule has 4 N–H and O–H groups in total. The molecule has 0 rings (SSSR count). The lowest BCUT2D eigenvalue weighted by Crippen LogP contribution is -2.16. The van der Waals surface area contributed by atoms with Crippen LogP contribution in [0, 0.1) is 5.41 Å². The largest absolute Gasteiger partial charge is 0.384 e. The first kappa shape index (κ1) is 10.0. The van der Waals surface area contributed by atoms with Crippen molar-refractivity contribution in [3.05, 3.63) is 12.0 Å². The van der Waals surface area contributed by atoms with Gasteiger partial charge in [0.15, 0.2) is 0 Å². The molecular formula is C8H17N3. The number of aliphatic imine (C=N–C) groups is 1. The lowest BCUT2D eigenvalue weighted by Gasteiger charge is -2.16. The summed E-state index contributed by atoms with van der Waals surface area (Å²) < 4.78 is 0. The van der Waals surface area contributed by atoms with Gasteiger partial charge in [-0.3, -0.25) is 4.99 Å². The molecule has 0 aliphatic rings. The summed E-state index contributed by atoms with van der Waals surface area (Å²) in [6.45, 7) is 8.23. The van der Waals surface area contributed by atoms with Crippen molar-refractivity contribution in [2.24, 2.45) is 21.9 Å². The SMILES string of the molecule is CC(=NC=C(N)N)C(C)(C)C. The monoisotopic (exact) mass is 155 g/mol. The summed E-state index contributed by atoms with van der Waals surface area (Å²) >= 11 is 0. The average molecular weight is 155 g/mol. The summed E-state index contributed by atoms with van der Waals surface area (Å²) in [4.78, 5) is 4.10. The van der Waals surface area contributed by atoms with Gasteiger partial charge in [0, 0.05) is 5.71 Å². The van der Waals surface area contributed by atoms with Crippen molar-refractivity contribution >= 4 is 5.71 Å². The highest BCUT2D eigenvalue weighted by Gasteiger charge is 2.12. The zero-order valence-corrected chi connectivity index (χ0v) is 7.68. The minimum absolute atomic E-state index is 0.0892. The molecule has 0 heterocycles. The summed E-state index contributed by atoms with van der Waals surface area (Å²) in [7, 11) is 0. The predicted molar refractivity (Wildman–Crippen MR) is 49.0 cm³/mol. The molecule has 3 heteroatoms. The fraction of sp³-hybridized carbons (Fsp3) is 0.625. The third-order valence-corrected chi connectivity index (χ3v) is 1.49. The Labute approximate surface area is 68.2 Å². The van der Waals surface area contributed by atoms with Gasteiger partial charge in [-0.1, -0.05) is 20.8 Å². The lowest BCUT2D eigenvalue weighted by atomic mass is 9.91. The standard InChI is InChI=1S/C8H17N3/c1-6(8(2,3)4)11-5-7(9)10/h5H,9-10H2,1-4H3. The molecule has 3 nitrogen and oxygen atoms in total. The lowest BCUT2D eigenvalue weighted by molar-refractivity contribution is 0.588. The number of nitrogens with two attached hydrogens (primary N) is 2. The van der Waals surface area contributed by atoms with Crippen LogP contribution in [0.3, 0.4) is 0 Å². The van der Waals surface area contributed by atoms with Crippen LogP contribution in [0.4, 0.5) is 0 Å². The Kier molecular flexibility index (Phi) is 3.11. The molecule has 0 bridgehead atoms. The van der Waals surface area contributed by atoms with E-state index in [2.05, 4.69) is 25.8 Å². The molecule has 0 fully saturated rings. The Bertz CT molecular complexity index is 180. The van der Waals surface area contributed by atoms with Gasteiger partial charge in [-0.2, -0.15) is 0 Å². The van der Waals surface area contributed by atoms with Crippen molar-refractivity contribution < 1.29 is 0 Å². The van der Waals surface area contributed by atoms with E-state index in [0.29, 0.717) is 0 Å². The maximum absolute atomic E-state index is 5.22. The molecule has 0 unspecified atom stereocenters. The van der Waals surface area contributed by atoms with Gasteiger partial charge in [0.25, 0.3) is 0 Å².